The monoisotopic (exact) mass is 643 g/mol. The SMILES string of the molecule is CCS/C(=N\[C@@](C)(CC(C)=O)c1cc(Br)ccn1)N(Cc1ccc(OC)cc1OC)Cc1ccc(OC)cc1OC. The van der Waals surface area contributed by atoms with Gasteiger partial charge in [-0.25, -0.2) is 4.99 Å². The van der Waals surface area contributed by atoms with Crippen LogP contribution in [0.5, 0.6) is 23.0 Å². The second-order valence-corrected chi connectivity index (χ2v) is 11.7. The summed E-state index contributed by atoms with van der Waals surface area (Å²) in [5, 5.41) is 0.772. The van der Waals surface area contributed by atoms with E-state index in [0.29, 0.717) is 41.8 Å². The molecule has 1 aromatic heterocycles. The lowest BCUT2D eigenvalue weighted by molar-refractivity contribution is -0.118. The molecule has 3 aromatic rings. The van der Waals surface area contributed by atoms with Crippen molar-refractivity contribution in [3.63, 3.8) is 0 Å². The van der Waals surface area contributed by atoms with Crippen molar-refractivity contribution in [3.8, 4) is 23.0 Å². The Balaban J connectivity index is 2.19. The zero-order chi connectivity index (χ0) is 30.0. The van der Waals surface area contributed by atoms with Crippen molar-refractivity contribution in [3.05, 3.63) is 76.0 Å². The van der Waals surface area contributed by atoms with E-state index < -0.39 is 5.54 Å². The standard InChI is InChI=1S/C31H38BrN3O5S/c1-8-41-30(34-31(3,18-21(2)36)29-15-24(32)13-14-33-29)35(19-22-9-11-25(37-4)16-27(22)39-6)20-23-10-12-26(38-5)17-28(23)40-7/h9-17H,8,18-20H2,1-7H3/b34-30-/t31-/m0/s1. The first-order valence-corrected chi connectivity index (χ1v) is 14.9. The van der Waals surface area contributed by atoms with Gasteiger partial charge >= 0.3 is 0 Å². The van der Waals surface area contributed by atoms with Crippen LogP contribution in [0.15, 0.2) is 64.2 Å². The fraction of sp³-hybridized carbons (Fsp3) is 0.387. The molecule has 0 saturated heterocycles. The summed E-state index contributed by atoms with van der Waals surface area (Å²) in [6, 6.07) is 15.3. The zero-order valence-electron chi connectivity index (χ0n) is 24.7. The average Bonchev–Trinajstić information content (AvgIpc) is 2.96. The third kappa shape index (κ3) is 8.63. The van der Waals surface area contributed by atoms with E-state index in [-0.39, 0.29) is 12.2 Å². The fourth-order valence-electron chi connectivity index (χ4n) is 4.47. The molecule has 0 unspecified atom stereocenters. The van der Waals surface area contributed by atoms with Gasteiger partial charge in [0.05, 0.1) is 34.1 Å². The summed E-state index contributed by atoms with van der Waals surface area (Å²) < 4.78 is 23.2. The number of rotatable bonds is 13. The minimum Gasteiger partial charge on any atom is -0.497 e. The Kier molecular flexibility index (Phi) is 11.9. The van der Waals surface area contributed by atoms with Crippen LogP contribution in [0.3, 0.4) is 0 Å². The van der Waals surface area contributed by atoms with Crippen LogP contribution >= 0.6 is 27.7 Å². The maximum Gasteiger partial charge on any atom is 0.160 e. The number of nitrogens with zero attached hydrogens (tertiary/aromatic N) is 3. The molecule has 1 atom stereocenters. The zero-order valence-corrected chi connectivity index (χ0v) is 27.1. The highest BCUT2D eigenvalue weighted by Gasteiger charge is 2.32. The van der Waals surface area contributed by atoms with E-state index in [1.54, 1.807) is 53.3 Å². The van der Waals surface area contributed by atoms with E-state index in [9.17, 15) is 4.79 Å². The molecule has 0 aliphatic heterocycles. The summed E-state index contributed by atoms with van der Waals surface area (Å²) in [7, 11) is 6.55. The molecule has 8 nitrogen and oxygen atoms in total. The van der Waals surface area contributed by atoms with Gasteiger partial charge in [-0.1, -0.05) is 34.6 Å². The number of hydrogen-bond acceptors (Lipinski definition) is 8. The number of pyridine rings is 1. The van der Waals surface area contributed by atoms with Gasteiger partial charge in [0.2, 0.25) is 0 Å². The fourth-order valence-corrected chi connectivity index (χ4v) is 5.64. The molecule has 2 aromatic carbocycles. The molecule has 0 fully saturated rings. The van der Waals surface area contributed by atoms with Gasteiger partial charge in [0, 0.05) is 53.4 Å². The first kappa shape index (κ1) is 32.3. The van der Waals surface area contributed by atoms with Gasteiger partial charge in [-0.3, -0.25) is 9.78 Å². The normalized spacial score (nSPS) is 12.8. The second-order valence-electron chi connectivity index (χ2n) is 9.55. The third-order valence-corrected chi connectivity index (χ3v) is 7.85. The predicted molar refractivity (Wildman–Crippen MR) is 168 cm³/mol. The van der Waals surface area contributed by atoms with Crippen LogP contribution in [0.25, 0.3) is 0 Å². The number of amidine groups is 1. The molecule has 0 aliphatic rings. The molecule has 0 radical (unpaired) electrons. The first-order chi connectivity index (χ1) is 19.7. The smallest absolute Gasteiger partial charge is 0.160 e. The van der Waals surface area contributed by atoms with E-state index in [0.717, 1.165) is 26.5 Å². The van der Waals surface area contributed by atoms with Gasteiger partial charge in [-0.05, 0) is 56.0 Å². The maximum absolute atomic E-state index is 12.5. The van der Waals surface area contributed by atoms with Crippen LogP contribution in [0.1, 0.15) is 44.0 Å². The van der Waals surface area contributed by atoms with E-state index >= 15 is 0 Å². The summed E-state index contributed by atoms with van der Waals surface area (Å²) in [4.78, 5) is 24.6. The Morgan fingerprint density at radius 2 is 1.49 bits per heavy atom. The first-order valence-electron chi connectivity index (χ1n) is 13.2. The van der Waals surface area contributed by atoms with Crippen LogP contribution in [-0.4, -0.2) is 55.0 Å². The highest BCUT2D eigenvalue weighted by Crippen LogP contribution is 2.35. The number of ketones is 1. The van der Waals surface area contributed by atoms with Crippen molar-refractivity contribution in [2.45, 2.75) is 45.8 Å². The minimum atomic E-state index is -0.890. The molecule has 0 bridgehead atoms. The van der Waals surface area contributed by atoms with Gasteiger partial charge in [-0.15, -0.1) is 0 Å². The number of aromatic nitrogens is 1. The molecule has 0 aliphatic carbocycles. The number of aliphatic imine (C=N–C) groups is 1. The lowest BCUT2D eigenvalue weighted by Gasteiger charge is -2.31. The highest BCUT2D eigenvalue weighted by molar-refractivity contribution is 9.10. The number of hydrogen-bond donors (Lipinski definition) is 0. The highest BCUT2D eigenvalue weighted by atomic mass is 79.9. The number of benzene rings is 2. The molecule has 41 heavy (non-hydrogen) atoms. The van der Waals surface area contributed by atoms with E-state index in [1.165, 1.54) is 0 Å². The molecule has 3 rings (SSSR count). The van der Waals surface area contributed by atoms with Crippen molar-refractivity contribution in [1.29, 1.82) is 0 Å². The number of halogens is 1. The van der Waals surface area contributed by atoms with Gasteiger partial charge in [-0.2, -0.15) is 0 Å². The van der Waals surface area contributed by atoms with Gasteiger partial charge in [0.1, 0.15) is 34.3 Å². The molecular formula is C31H38BrN3O5S. The molecule has 0 N–H and O–H groups in total. The number of Topliss-reactive ketones (excluding diaryl/α,β-unsaturated/α-hetero) is 1. The molecule has 220 valence electrons. The predicted octanol–water partition coefficient (Wildman–Crippen LogP) is 6.88. The summed E-state index contributed by atoms with van der Waals surface area (Å²) >= 11 is 5.17. The largest absolute Gasteiger partial charge is 0.497 e. The number of ether oxygens (including phenoxy) is 4. The van der Waals surface area contributed by atoms with Crippen LogP contribution in [0.2, 0.25) is 0 Å². The van der Waals surface area contributed by atoms with Crippen molar-refractivity contribution in [1.82, 2.24) is 9.88 Å². The second kappa shape index (κ2) is 15.1. The van der Waals surface area contributed by atoms with E-state index in [1.807, 2.05) is 55.5 Å². The molecule has 1 heterocycles. The summed E-state index contributed by atoms with van der Waals surface area (Å²) in [6.45, 7) is 6.59. The van der Waals surface area contributed by atoms with E-state index in [2.05, 4.69) is 32.7 Å². The van der Waals surface area contributed by atoms with Crippen LogP contribution in [0, 0.1) is 0 Å². The summed E-state index contributed by atoms with van der Waals surface area (Å²) in [5.74, 6) is 3.63. The summed E-state index contributed by atoms with van der Waals surface area (Å²) in [6.07, 6.45) is 1.93. The Labute approximate surface area is 255 Å². The lowest BCUT2D eigenvalue weighted by atomic mass is 9.92. The minimum absolute atomic E-state index is 0.0269. The molecule has 0 amide bonds. The van der Waals surface area contributed by atoms with Crippen molar-refractivity contribution in [2.75, 3.05) is 34.2 Å². The van der Waals surface area contributed by atoms with Crippen molar-refractivity contribution < 1.29 is 23.7 Å². The Morgan fingerprint density at radius 3 is 1.93 bits per heavy atom. The molecule has 0 saturated carbocycles. The molecule has 0 spiro atoms. The average molecular weight is 645 g/mol. The maximum atomic E-state index is 12.5. The molecular weight excluding hydrogens is 606 g/mol. The number of carbonyl (C=O) groups excluding carboxylic acids is 1. The van der Waals surface area contributed by atoms with Crippen LogP contribution in [0.4, 0.5) is 0 Å². The van der Waals surface area contributed by atoms with Gasteiger partial charge in [0.15, 0.2) is 5.17 Å². The molecule has 10 heteroatoms. The number of carbonyl (C=O) groups is 1. The Hall–Kier alpha value is -3.24. The Bertz CT molecular complexity index is 1310. The van der Waals surface area contributed by atoms with Crippen molar-refractivity contribution >= 4 is 38.6 Å². The number of thioether (sulfide) groups is 1. The van der Waals surface area contributed by atoms with Gasteiger partial charge in [0.25, 0.3) is 0 Å². The summed E-state index contributed by atoms with van der Waals surface area (Å²) in [5.41, 5.74) is 1.73. The van der Waals surface area contributed by atoms with Gasteiger partial charge < -0.3 is 23.8 Å². The lowest BCUT2D eigenvalue weighted by Crippen LogP contribution is -2.33. The van der Waals surface area contributed by atoms with Crippen molar-refractivity contribution in [2.24, 2.45) is 4.99 Å². The Morgan fingerprint density at radius 1 is 0.927 bits per heavy atom. The van der Waals surface area contributed by atoms with E-state index in [4.69, 9.17) is 23.9 Å². The quantitative estimate of drug-likeness (QED) is 0.147. The third-order valence-electron chi connectivity index (χ3n) is 6.46. The number of methoxy groups -OCH3 is 4. The topological polar surface area (TPSA) is 82.5 Å². The van der Waals surface area contributed by atoms with Crippen LogP contribution < -0.4 is 18.9 Å². The van der Waals surface area contributed by atoms with Crippen LogP contribution in [-0.2, 0) is 23.4 Å².